The van der Waals surface area contributed by atoms with Crippen molar-refractivity contribution in [1.29, 1.82) is 0 Å². The van der Waals surface area contributed by atoms with Crippen molar-refractivity contribution in [3.63, 3.8) is 0 Å². The number of thiazole rings is 1. The zero-order chi connectivity index (χ0) is 27.4. The van der Waals surface area contributed by atoms with Crippen molar-refractivity contribution in [2.45, 2.75) is 18.6 Å². The summed E-state index contributed by atoms with van der Waals surface area (Å²) in [6, 6.07) is 23.6. The number of benzene rings is 3. The van der Waals surface area contributed by atoms with Crippen LogP contribution >= 0.6 is 11.3 Å². The van der Waals surface area contributed by atoms with Gasteiger partial charge in [-0.15, -0.1) is 11.3 Å². The van der Waals surface area contributed by atoms with Gasteiger partial charge in [0.1, 0.15) is 26.4 Å². The fraction of sp³-hybridized carbons (Fsp3) is 0.133. The maximum atomic E-state index is 11.4. The van der Waals surface area contributed by atoms with E-state index in [0.717, 1.165) is 54.9 Å². The van der Waals surface area contributed by atoms with Crippen LogP contribution in [0.15, 0.2) is 90.6 Å². The van der Waals surface area contributed by atoms with Gasteiger partial charge in [0.2, 0.25) is 0 Å². The Bertz CT molecular complexity index is 1790. The minimum absolute atomic E-state index is 0.0128. The quantitative estimate of drug-likeness (QED) is 0.171. The molecule has 0 saturated carbocycles. The first-order valence-corrected chi connectivity index (χ1v) is 15.9. The Morgan fingerprint density at radius 1 is 0.897 bits per heavy atom. The molecule has 0 aliphatic rings. The molecule has 9 heteroatoms. The van der Waals surface area contributed by atoms with E-state index in [-0.39, 0.29) is 17.4 Å². The Labute approximate surface area is 234 Å². The Morgan fingerprint density at radius 3 is 2.44 bits per heavy atom. The fourth-order valence-electron chi connectivity index (χ4n) is 4.58. The van der Waals surface area contributed by atoms with Crippen LogP contribution in [0.25, 0.3) is 33.7 Å². The maximum absolute atomic E-state index is 11.4. The van der Waals surface area contributed by atoms with Crippen LogP contribution in [0, 0.1) is 0 Å². The molecule has 0 spiro atoms. The first-order chi connectivity index (χ1) is 18.9. The molecule has 0 fully saturated rings. The van der Waals surface area contributed by atoms with E-state index in [2.05, 4.69) is 22.1 Å². The van der Waals surface area contributed by atoms with Crippen molar-refractivity contribution < 1.29 is 16.8 Å². The lowest BCUT2D eigenvalue weighted by molar-refractivity contribution is 0.609. The number of hydrogen-bond acceptors (Lipinski definition) is 7. The minimum atomic E-state index is -2.49. The molecule has 3 aromatic carbocycles. The highest BCUT2D eigenvalue weighted by atomic mass is 32.2. The van der Waals surface area contributed by atoms with E-state index in [1.165, 1.54) is 11.3 Å². The number of thiol groups is 2. The predicted octanol–water partition coefficient (Wildman–Crippen LogP) is 5.77. The SMILES string of the molecule is CC(C[SH](=O)=O)c1cc(-c2cccc(/C=C(\c3ccc(C[SH](=O)=O)cc3)c3nccs3)c2)c2ncccc2c1. The number of aromatic nitrogens is 2. The molecule has 0 aliphatic carbocycles. The van der Waals surface area contributed by atoms with Crippen LogP contribution in [0.1, 0.15) is 40.1 Å². The predicted molar refractivity (Wildman–Crippen MR) is 160 cm³/mol. The minimum Gasteiger partial charge on any atom is -0.256 e. The second-order valence-electron chi connectivity index (χ2n) is 9.27. The molecular formula is C30H26N2O4S3. The molecule has 1 atom stereocenters. The van der Waals surface area contributed by atoms with Gasteiger partial charge < -0.3 is 0 Å². The highest BCUT2D eigenvalue weighted by Crippen LogP contribution is 2.34. The topological polar surface area (TPSA) is 94.1 Å². The monoisotopic (exact) mass is 574 g/mol. The van der Waals surface area contributed by atoms with E-state index < -0.39 is 21.4 Å². The van der Waals surface area contributed by atoms with Crippen molar-refractivity contribution in [1.82, 2.24) is 9.97 Å². The van der Waals surface area contributed by atoms with Crippen molar-refractivity contribution in [3.05, 3.63) is 118 Å². The van der Waals surface area contributed by atoms with Crippen molar-refractivity contribution in [2.24, 2.45) is 0 Å². The lowest BCUT2D eigenvalue weighted by Crippen LogP contribution is -2.02. The van der Waals surface area contributed by atoms with E-state index in [1.807, 2.05) is 79.0 Å². The summed E-state index contributed by atoms with van der Waals surface area (Å²) in [5.41, 5.74) is 7.31. The molecule has 6 nitrogen and oxygen atoms in total. The molecule has 0 amide bonds. The molecule has 5 rings (SSSR count). The summed E-state index contributed by atoms with van der Waals surface area (Å²) >= 11 is 1.54. The standard InChI is InChI=1S/C30H26N2O4S3/c1-20(18-38(33)34)26-16-25-6-3-11-31-29(25)27(17-26)24-5-2-4-22(14-24)15-28(30-32-12-13-37-30)23-9-7-21(8-10-23)19-39(35)36/h2-17,20,38-39H,18-19H2,1H3/b28-15+. The summed E-state index contributed by atoms with van der Waals surface area (Å²) in [6.45, 7) is 1.92. The molecule has 5 aromatic rings. The number of nitrogens with zero attached hydrogens (tertiary/aromatic N) is 2. The molecule has 2 heterocycles. The van der Waals surface area contributed by atoms with Crippen LogP contribution in [0.2, 0.25) is 0 Å². The van der Waals surface area contributed by atoms with Crippen LogP contribution in [0.3, 0.4) is 0 Å². The van der Waals surface area contributed by atoms with E-state index in [1.54, 1.807) is 12.4 Å². The second kappa shape index (κ2) is 12.0. The van der Waals surface area contributed by atoms with Crippen LogP contribution in [0.5, 0.6) is 0 Å². The van der Waals surface area contributed by atoms with Gasteiger partial charge in [-0.2, -0.15) is 0 Å². The average molecular weight is 575 g/mol. The summed E-state index contributed by atoms with van der Waals surface area (Å²) in [4.78, 5) is 9.17. The van der Waals surface area contributed by atoms with Gasteiger partial charge in [0.15, 0.2) is 0 Å². The summed E-state index contributed by atoms with van der Waals surface area (Å²) in [5.74, 6) is -0.0411. The third kappa shape index (κ3) is 6.50. The molecule has 39 heavy (non-hydrogen) atoms. The van der Waals surface area contributed by atoms with Gasteiger partial charge in [-0.25, -0.2) is 21.8 Å². The largest absolute Gasteiger partial charge is 0.256 e. The molecule has 0 saturated heterocycles. The summed E-state index contributed by atoms with van der Waals surface area (Å²) in [5, 5.41) is 3.75. The first kappa shape index (κ1) is 26.9. The Morgan fingerprint density at radius 2 is 1.72 bits per heavy atom. The third-order valence-electron chi connectivity index (χ3n) is 6.47. The Hall–Kier alpha value is -3.66. The summed E-state index contributed by atoms with van der Waals surface area (Å²) < 4.78 is 45.1. The van der Waals surface area contributed by atoms with Crippen LogP contribution in [0.4, 0.5) is 0 Å². The van der Waals surface area contributed by atoms with Crippen molar-refractivity contribution in [3.8, 4) is 11.1 Å². The number of fused-ring (bicyclic) bond motifs is 1. The van der Waals surface area contributed by atoms with Gasteiger partial charge in [-0.1, -0.05) is 55.5 Å². The second-order valence-corrected chi connectivity index (χ2v) is 12.2. The van der Waals surface area contributed by atoms with Crippen molar-refractivity contribution in [2.75, 3.05) is 5.75 Å². The molecular weight excluding hydrogens is 549 g/mol. The summed E-state index contributed by atoms with van der Waals surface area (Å²) in [7, 11) is -4.98. The lowest BCUT2D eigenvalue weighted by atomic mass is 9.93. The third-order valence-corrected chi connectivity index (χ3v) is 8.74. The zero-order valence-corrected chi connectivity index (χ0v) is 23.7. The molecule has 198 valence electrons. The van der Waals surface area contributed by atoms with Gasteiger partial charge >= 0.3 is 0 Å². The lowest BCUT2D eigenvalue weighted by Gasteiger charge is -2.14. The number of hydrogen-bond donors (Lipinski definition) is 2. The van der Waals surface area contributed by atoms with Crippen LogP contribution < -0.4 is 0 Å². The molecule has 0 N–H and O–H groups in total. The van der Waals surface area contributed by atoms with Gasteiger partial charge in [0, 0.05) is 34.3 Å². The average Bonchev–Trinajstić information content (AvgIpc) is 3.46. The maximum Gasteiger partial charge on any atom is 0.144 e. The molecule has 0 aliphatic heterocycles. The molecule has 0 radical (unpaired) electrons. The normalized spacial score (nSPS) is 12.8. The zero-order valence-electron chi connectivity index (χ0n) is 21.1. The number of rotatable bonds is 9. The summed E-state index contributed by atoms with van der Waals surface area (Å²) in [6.07, 6.45) is 5.61. The molecule has 2 aromatic heterocycles. The van der Waals surface area contributed by atoms with Crippen molar-refractivity contribution >= 4 is 55.3 Å². The van der Waals surface area contributed by atoms with Gasteiger partial charge in [0.25, 0.3) is 0 Å². The van der Waals surface area contributed by atoms with E-state index in [9.17, 15) is 16.8 Å². The molecule has 1 unspecified atom stereocenters. The van der Waals surface area contributed by atoms with Crippen LogP contribution in [-0.4, -0.2) is 32.6 Å². The Balaban J connectivity index is 1.60. The van der Waals surface area contributed by atoms with E-state index >= 15 is 0 Å². The fourth-order valence-corrected chi connectivity index (χ4v) is 6.42. The van der Waals surface area contributed by atoms with Gasteiger partial charge in [0.05, 0.1) is 17.0 Å². The highest BCUT2D eigenvalue weighted by molar-refractivity contribution is 7.72. The van der Waals surface area contributed by atoms with E-state index in [0.29, 0.717) is 0 Å². The Kier molecular flexibility index (Phi) is 8.30. The first-order valence-electron chi connectivity index (χ1n) is 12.3. The highest BCUT2D eigenvalue weighted by Gasteiger charge is 2.14. The van der Waals surface area contributed by atoms with Gasteiger partial charge in [-0.3, -0.25) is 4.98 Å². The molecule has 0 bridgehead atoms. The van der Waals surface area contributed by atoms with E-state index in [4.69, 9.17) is 0 Å². The van der Waals surface area contributed by atoms with Gasteiger partial charge in [-0.05, 0) is 64.1 Å². The number of pyridine rings is 1. The van der Waals surface area contributed by atoms with Crippen LogP contribution in [-0.2, 0) is 27.2 Å². The smallest absolute Gasteiger partial charge is 0.144 e.